The van der Waals surface area contributed by atoms with Gasteiger partial charge in [-0.15, -0.1) is 0 Å². The molecule has 0 saturated carbocycles. The van der Waals surface area contributed by atoms with E-state index in [0.717, 1.165) is 39.5 Å². The van der Waals surface area contributed by atoms with E-state index in [1.54, 1.807) is 13.3 Å². The summed E-state index contributed by atoms with van der Waals surface area (Å²) in [6.45, 7) is 1.66. The van der Waals surface area contributed by atoms with Crippen LogP contribution in [0.3, 0.4) is 0 Å². The number of ether oxygens (including phenoxy) is 4. The first kappa shape index (κ1) is 19.4. The molecule has 2 aromatic carbocycles. The molecule has 2 N–H and O–H groups in total. The van der Waals surface area contributed by atoms with Crippen molar-refractivity contribution in [3.8, 4) is 17.4 Å². The Morgan fingerprint density at radius 2 is 2.00 bits per heavy atom. The first-order valence-corrected chi connectivity index (χ1v) is 10.2. The number of pyridine rings is 2. The highest BCUT2D eigenvalue weighted by Gasteiger charge is 2.20. The SMILES string of the molecule is COc1ccc(COc2nc3c(cc2N)cc(O[C@@H]2CCOC2)c2ncccc23)cc1. The van der Waals surface area contributed by atoms with Crippen LogP contribution in [0.1, 0.15) is 12.0 Å². The first-order chi connectivity index (χ1) is 15.2. The second-order valence-electron chi connectivity index (χ2n) is 7.47. The minimum Gasteiger partial charge on any atom is -0.497 e. The molecule has 7 heteroatoms. The van der Waals surface area contributed by atoms with Gasteiger partial charge in [0.2, 0.25) is 5.88 Å². The van der Waals surface area contributed by atoms with Crippen molar-refractivity contribution in [3.63, 3.8) is 0 Å². The molecule has 0 spiro atoms. The molecule has 1 aliphatic rings. The molecular weight excluding hydrogens is 394 g/mol. The Bertz CT molecular complexity index is 1220. The monoisotopic (exact) mass is 417 g/mol. The number of nitrogens with zero attached hydrogens (tertiary/aromatic N) is 2. The second kappa shape index (κ2) is 8.28. The van der Waals surface area contributed by atoms with E-state index in [0.29, 0.717) is 37.1 Å². The van der Waals surface area contributed by atoms with Gasteiger partial charge >= 0.3 is 0 Å². The Kier molecular flexibility index (Phi) is 5.18. The van der Waals surface area contributed by atoms with Crippen LogP contribution in [0.15, 0.2) is 54.7 Å². The molecule has 7 nitrogen and oxygen atoms in total. The van der Waals surface area contributed by atoms with Gasteiger partial charge in [0.15, 0.2) is 0 Å². The zero-order valence-electron chi connectivity index (χ0n) is 17.2. The topological polar surface area (TPSA) is 88.7 Å². The fourth-order valence-corrected chi connectivity index (χ4v) is 3.72. The highest BCUT2D eigenvalue weighted by Crippen LogP contribution is 2.35. The van der Waals surface area contributed by atoms with Gasteiger partial charge < -0.3 is 24.7 Å². The van der Waals surface area contributed by atoms with Gasteiger partial charge in [0.1, 0.15) is 29.7 Å². The highest BCUT2D eigenvalue weighted by molar-refractivity contribution is 6.07. The number of fused-ring (bicyclic) bond motifs is 3. The third-order valence-electron chi connectivity index (χ3n) is 5.34. The Labute approximate surface area is 179 Å². The molecule has 0 amide bonds. The Balaban J connectivity index is 1.49. The lowest BCUT2D eigenvalue weighted by Gasteiger charge is -2.16. The zero-order chi connectivity index (χ0) is 21.2. The van der Waals surface area contributed by atoms with E-state index >= 15 is 0 Å². The van der Waals surface area contributed by atoms with Crippen molar-refractivity contribution < 1.29 is 18.9 Å². The number of nitrogen functional groups attached to an aromatic ring is 1. The number of hydrogen-bond donors (Lipinski definition) is 1. The number of methoxy groups -OCH3 is 1. The van der Waals surface area contributed by atoms with Crippen LogP contribution in [0.5, 0.6) is 17.4 Å². The van der Waals surface area contributed by atoms with E-state index < -0.39 is 0 Å². The van der Waals surface area contributed by atoms with Crippen LogP contribution in [0, 0.1) is 0 Å². The van der Waals surface area contributed by atoms with Crippen molar-refractivity contribution in [2.24, 2.45) is 0 Å². The lowest BCUT2D eigenvalue weighted by Crippen LogP contribution is -2.16. The fourth-order valence-electron chi connectivity index (χ4n) is 3.72. The van der Waals surface area contributed by atoms with Crippen molar-refractivity contribution in [2.75, 3.05) is 26.1 Å². The predicted octanol–water partition coefficient (Wildman–Crippen LogP) is 4.12. The molecule has 31 heavy (non-hydrogen) atoms. The quantitative estimate of drug-likeness (QED) is 0.472. The average Bonchev–Trinajstić information content (AvgIpc) is 3.31. The number of benzene rings is 2. The standard InChI is InChI=1S/C24H23N3O4/c1-28-17-6-4-15(5-7-17)13-30-24-20(25)11-16-12-21(31-18-8-10-29-14-18)23-19(22(16)27-24)3-2-9-26-23/h2-7,9,11-12,18H,8,10,13-14,25H2,1H3/t18-/m1/s1. The lowest BCUT2D eigenvalue weighted by atomic mass is 10.1. The van der Waals surface area contributed by atoms with Gasteiger partial charge in [-0.05, 0) is 42.0 Å². The van der Waals surface area contributed by atoms with Gasteiger partial charge in [0.05, 0.1) is 31.5 Å². The highest BCUT2D eigenvalue weighted by atomic mass is 16.5. The summed E-state index contributed by atoms with van der Waals surface area (Å²) in [5.41, 5.74) is 9.28. The summed E-state index contributed by atoms with van der Waals surface area (Å²) in [6, 6.07) is 15.4. The number of anilines is 1. The van der Waals surface area contributed by atoms with E-state index in [-0.39, 0.29) is 6.10 Å². The van der Waals surface area contributed by atoms with E-state index in [2.05, 4.69) is 4.98 Å². The Morgan fingerprint density at radius 1 is 1.13 bits per heavy atom. The molecule has 0 aliphatic carbocycles. The van der Waals surface area contributed by atoms with Gasteiger partial charge in [-0.1, -0.05) is 12.1 Å². The van der Waals surface area contributed by atoms with Crippen LogP contribution in [0.4, 0.5) is 5.69 Å². The molecule has 0 bridgehead atoms. The van der Waals surface area contributed by atoms with Gasteiger partial charge in [-0.25, -0.2) is 4.98 Å². The molecule has 2 aromatic heterocycles. The van der Waals surface area contributed by atoms with Gasteiger partial charge in [-0.2, -0.15) is 0 Å². The van der Waals surface area contributed by atoms with E-state index in [9.17, 15) is 0 Å². The van der Waals surface area contributed by atoms with E-state index in [1.807, 2.05) is 48.5 Å². The maximum atomic E-state index is 6.27. The van der Waals surface area contributed by atoms with Crippen LogP contribution in [0.25, 0.3) is 21.8 Å². The Hall–Kier alpha value is -3.58. The summed E-state index contributed by atoms with van der Waals surface area (Å²) >= 11 is 0. The number of aromatic nitrogens is 2. The molecule has 1 fully saturated rings. The van der Waals surface area contributed by atoms with Crippen molar-refractivity contribution in [2.45, 2.75) is 19.1 Å². The predicted molar refractivity (Wildman–Crippen MR) is 119 cm³/mol. The summed E-state index contributed by atoms with van der Waals surface area (Å²) in [4.78, 5) is 9.28. The zero-order valence-corrected chi connectivity index (χ0v) is 17.2. The van der Waals surface area contributed by atoms with Crippen molar-refractivity contribution in [1.82, 2.24) is 9.97 Å². The second-order valence-corrected chi connectivity index (χ2v) is 7.47. The first-order valence-electron chi connectivity index (χ1n) is 10.2. The van der Waals surface area contributed by atoms with Crippen LogP contribution < -0.4 is 19.9 Å². The summed E-state index contributed by atoms with van der Waals surface area (Å²) in [7, 11) is 1.64. The van der Waals surface area contributed by atoms with E-state index in [4.69, 9.17) is 29.7 Å². The molecule has 0 unspecified atom stereocenters. The van der Waals surface area contributed by atoms with Crippen LogP contribution in [-0.2, 0) is 11.3 Å². The minimum absolute atomic E-state index is 0.0278. The third-order valence-corrected chi connectivity index (χ3v) is 5.34. The van der Waals surface area contributed by atoms with Crippen LogP contribution in [0.2, 0.25) is 0 Å². The molecule has 158 valence electrons. The maximum Gasteiger partial charge on any atom is 0.238 e. The molecule has 1 saturated heterocycles. The largest absolute Gasteiger partial charge is 0.497 e. The Morgan fingerprint density at radius 3 is 2.77 bits per heavy atom. The van der Waals surface area contributed by atoms with Gasteiger partial charge in [-0.3, -0.25) is 4.98 Å². The van der Waals surface area contributed by atoms with Crippen molar-refractivity contribution >= 4 is 27.5 Å². The lowest BCUT2D eigenvalue weighted by molar-refractivity contribution is 0.142. The number of nitrogens with two attached hydrogens (primary N) is 1. The minimum atomic E-state index is 0.0278. The molecule has 0 radical (unpaired) electrons. The average molecular weight is 417 g/mol. The summed E-state index contributed by atoms with van der Waals surface area (Å²) in [5.74, 6) is 1.91. The van der Waals surface area contributed by atoms with Crippen LogP contribution in [-0.4, -0.2) is 36.4 Å². The summed E-state index contributed by atoms with van der Waals surface area (Å²) in [6.07, 6.45) is 2.65. The molecule has 4 aromatic rings. The molecule has 3 heterocycles. The molecular formula is C24H23N3O4. The smallest absolute Gasteiger partial charge is 0.238 e. The van der Waals surface area contributed by atoms with Crippen molar-refractivity contribution in [3.05, 3.63) is 60.3 Å². The molecule has 5 rings (SSSR count). The molecule has 1 atom stereocenters. The van der Waals surface area contributed by atoms with Gasteiger partial charge in [0.25, 0.3) is 0 Å². The summed E-state index contributed by atoms with van der Waals surface area (Å²) < 4.78 is 22.8. The van der Waals surface area contributed by atoms with Crippen molar-refractivity contribution in [1.29, 1.82) is 0 Å². The third kappa shape index (κ3) is 3.92. The van der Waals surface area contributed by atoms with Gasteiger partial charge in [0, 0.05) is 23.4 Å². The number of rotatable bonds is 6. The van der Waals surface area contributed by atoms with E-state index in [1.165, 1.54) is 0 Å². The fraction of sp³-hybridized carbons (Fsp3) is 0.250. The maximum absolute atomic E-state index is 6.27. The number of hydrogen-bond acceptors (Lipinski definition) is 7. The normalized spacial score (nSPS) is 16.0. The summed E-state index contributed by atoms with van der Waals surface area (Å²) in [5, 5.41) is 1.77. The van der Waals surface area contributed by atoms with Crippen LogP contribution >= 0.6 is 0 Å². The molecule has 1 aliphatic heterocycles.